The van der Waals surface area contributed by atoms with Gasteiger partial charge in [0.15, 0.2) is 5.11 Å². The van der Waals surface area contributed by atoms with Crippen LogP contribution in [0, 0.1) is 5.82 Å². The Kier molecular flexibility index (Phi) is 5.54. The summed E-state index contributed by atoms with van der Waals surface area (Å²) >= 11 is 4.09. The first-order chi connectivity index (χ1) is 6.06. The average molecular weight is 202 g/mol. The number of rotatable bonds is 1. The summed E-state index contributed by atoms with van der Waals surface area (Å²) in [5, 5.41) is 0.000000000000000222. The molecule has 0 aliphatic carbocycles. The topological polar surface area (TPSA) is 61.3 Å². The van der Waals surface area contributed by atoms with Crippen molar-refractivity contribution in [3.63, 3.8) is 0 Å². The molecule has 1 rings (SSSR count). The second-order valence-corrected chi connectivity index (χ2v) is 2.54. The van der Waals surface area contributed by atoms with Crippen LogP contribution in [0.1, 0.15) is 0 Å². The lowest BCUT2D eigenvalue weighted by Gasteiger charge is -1.95. The molecule has 0 atom stereocenters. The number of benzene rings is 1. The van der Waals surface area contributed by atoms with Gasteiger partial charge >= 0.3 is 0 Å². The largest absolute Gasteiger partial charge is 0.497 e. The van der Waals surface area contributed by atoms with Gasteiger partial charge in [0, 0.05) is 6.07 Å². The molecule has 1 aromatic carbocycles. The van der Waals surface area contributed by atoms with Crippen LogP contribution in [-0.4, -0.2) is 12.2 Å². The molecule has 0 unspecified atom stereocenters. The van der Waals surface area contributed by atoms with Crippen molar-refractivity contribution in [2.45, 2.75) is 0 Å². The molecule has 0 radical (unpaired) electrons. The molecule has 0 fully saturated rings. The van der Waals surface area contributed by atoms with E-state index < -0.39 is 0 Å². The van der Waals surface area contributed by atoms with E-state index in [4.69, 9.17) is 4.74 Å². The number of methoxy groups -OCH3 is 1. The Balaban J connectivity index is 0.000000310. The summed E-state index contributed by atoms with van der Waals surface area (Å²) < 4.78 is 17.0. The predicted molar refractivity (Wildman–Crippen MR) is 53.9 cm³/mol. The molecular weight excluding hydrogens is 191 g/mol. The Morgan fingerprint density at radius 1 is 1.46 bits per heavy atom. The Labute approximate surface area is 81.5 Å². The number of thiocarbonyl (C=S) groups is 1. The van der Waals surface area contributed by atoms with E-state index in [1.165, 1.54) is 19.2 Å². The van der Waals surface area contributed by atoms with Gasteiger partial charge in [-0.1, -0.05) is 6.07 Å². The maximum atomic E-state index is 12.3. The van der Waals surface area contributed by atoms with Crippen molar-refractivity contribution < 1.29 is 9.13 Å². The van der Waals surface area contributed by atoms with Crippen molar-refractivity contribution in [1.82, 2.24) is 0 Å². The Morgan fingerprint density at radius 2 is 2.00 bits per heavy atom. The second-order valence-electron chi connectivity index (χ2n) is 2.06. The third-order valence-electron chi connectivity index (χ3n) is 1.03. The molecule has 5 heteroatoms. The van der Waals surface area contributed by atoms with Crippen LogP contribution in [0.4, 0.5) is 4.39 Å². The van der Waals surface area contributed by atoms with Gasteiger partial charge in [-0.3, -0.25) is 0 Å². The van der Waals surface area contributed by atoms with Crippen LogP contribution in [0.2, 0.25) is 0 Å². The third-order valence-corrected chi connectivity index (χ3v) is 1.03. The van der Waals surface area contributed by atoms with Crippen LogP contribution in [0.3, 0.4) is 0 Å². The van der Waals surface area contributed by atoms with E-state index in [-0.39, 0.29) is 10.9 Å². The molecule has 0 saturated carbocycles. The second kappa shape index (κ2) is 6.19. The molecule has 0 saturated heterocycles. The number of halogens is 1. The molecule has 0 amide bonds. The maximum absolute atomic E-state index is 12.3. The molecule has 72 valence electrons. The summed E-state index contributed by atoms with van der Waals surface area (Å²) in [5.41, 5.74) is 9.24. The van der Waals surface area contributed by atoms with Gasteiger partial charge in [0.2, 0.25) is 0 Å². The van der Waals surface area contributed by atoms with Crippen molar-refractivity contribution in [2.75, 3.05) is 7.11 Å². The zero-order chi connectivity index (χ0) is 10.3. The highest BCUT2D eigenvalue weighted by Crippen LogP contribution is 2.09. The van der Waals surface area contributed by atoms with Crippen molar-refractivity contribution >= 4 is 17.3 Å². The van der Waals surface area contributed by atoms with Gasteiger partial charge in [-0.15, -0.1) is 0 Å². The summed E-state index contributed by atoms with van der Waals surface area (Å²) in [6, 6.07) is 6.01. The van der Waals surface area contributed by atoms with E-state index in [0.717, 1.165) is 0 Å². The minimum Gasteiger partial charge on any atom is -0.497 e. The molecule has 13 heavy (non-hydrogen) atoms. The number of nitrogens with two attached hydrogens (primary N) is 2. The number of ether oxygens (including phenoxy) is 1. The molecule has 0 aliphatic rings. The molecule has 0 bridgehead atoms. The summed E-state index contributed by atoms with van der Waals surface area (Å²) in [4.78, 5) is 0. The van der Waals surface area contributed by atoms with Gasteiger partial charge in [0.05, 0.1) is 7.11 Å². The van der Waals surface area contributed by atoms with E-state index in [2.05, 4.69) is 23.7 Å². The molecular formula is C8H11FN2OS. The van der Waals surface area contributed by atoms with E-state index in [0.29, 0.717) is 5.75 Å². The fourth-order valence-corrected chi connectivity index (χ4v) is 0.594. The SMILES string of the molecule is COc1cccc(F)c1.NC(N)=S. The quantitative estimate of drug-likeness (QED) is 0.667. The van der Waals surface area contributed by atoms with Crippen LogP contribution < -0.4 is 16.2 Å². The molecule has 4 N–H and O–H groups in total. The monoisotopic (exact) mass is 202 g/mol. The summed E-state index contributed by atoms with van der Waals surface area (Å²) in [6.07, 6.45) is 0. The summed E-state index contributed by atoms with van der Waals surface area (Å²) in [6.45, 7) is 0. The van der Waals surface area contributed by atoms with E-state index in [1.54, 1.807) is 12.1 Å². The molecule has 0 aromatic heterocycles. The van der Waals surface area contributed by atoms with E-state index in [1.807, 2.05) is 0 Å². The summed E-state index contributed by atoms with van der Waals surface area (Å²) in [5.74, 6) is 0.282. The van der Waals surface area contributed by atoms with Crippen molar-refractivity contribution in [1.29, 1.82) is 0 Å². The Hall–Kier alpha value is -1.36. The van der Waals surface area contributed by atoms with Gasteiger partial charge in [-0.05, 0) is 24.4 Å². The highest BCUT2D eigenvalue weighted by atomic mass is 32.1. The normalized spacial score (nSPS) is 8.15. The maximum Gasteiger partial charge on any atom is 0.160 e. The zero-order valence-electron chi connectivity index (χ0n) is 7.16. The first kappa shape index (κ1) is 11.6. The predicted octanol–water partition coefficient (Wildman–Crippen LogP) is 1.02. The van der Waals surface area contributed by atoms with Gasteiger partial charge in [0.1, 0.15) is 11.6 Å². The smallest absolute Gasteiger partial charge is 0.160 e. The lowest BCUT2D eigenvalue weighted by Crippen LogP contribution is -2.18. The number of hydrogen-bond acceptors (Lipinski definition) is 2. The molecule has 1 aromatic rings. The van der Waals surface area contributed by atoms with Crippen LogP contribution in [0.25, 0.3) is 0 Å². The minimum absolute atomic E-state index is 0.000000000000000222. The lowest BCUT2D eigenvalue weighted by molar-refractivity contribution is 0.411. The fraction of sp³-hybridized carbons (Fsp3) is 0.125. The van der Waals surface area contributed by atoms with Gasteiger partial charge in [-0.25, -0.2) is 4.39 Å². The zero-order valence-corrected chi connectivity index (χ0v) is 7.98. The highest BCUT2D eigenvalue weighted by Gasteiger charge is 1.90. The van der Waals surface area contributed by atoms with Gasteiger partial charge in [0.25, 0.3) is 0 Å². The fourth-order valence-electron chi connectivity index (χ4n) is 0.594. The van der Waals surface area contributed by atoms with Crippen LogP contribution in [-0.2, 0) is 0 Å². The first-order valence-electron chi connectivity index (χ1n) is 3.40. The lowest BCUT2D eigenvalue weighted by atomic mass is 10.3. The number of hydrogen-bond donors (Lipinski definition) is 2. The molecule has 3 nitrogen and oxygen atoms in total. The van der Waals surface area contributed by atoms with Crippen molar-refractivity contribution in [3.8, 4) is 5.75 Å². The Morgan fingerprint density at radius 3 is 2.31 bits per heavy atom. The highest BCUT2D eigenvalue weighted by molar-refractivity contribution is 7.80. The average Bonchev–Trinajstić information content (AvgIpc) is 2.03. The van der Waals surface area contributed by atoms with E-state index in [9.17, 15) is 4.39 Å². The standard InChI is InChI=1S/C7H7FO.CH4N2S/c1-9-7-4-2-3-6(8)5-7;2-1(3)4/h2-5H,1H3;(H4,2,3,4). The van der Waals surface area contributed by atoms with Crippen molar-refractivity contribution in [3.05, 3.63) is 30.1 Å². The minimum atomic E-state index is -0.269. The first-order valence-corrected chi connectivity index (χ1v) is 3.81. The van der Waals surface area contributed by atoms with Gasteiger partial charge < -0.3 is 16.2 Å². The molecule has 0 aliphatic heterocycles. The van der Waals surface area contributed by atoms with E-state index >= 15 is 0 Å². The molecule has 0 spiro atoms. The van der Waals surface area contributed by atoms with Crippen LogP contribution in [0.5, 0.6) is 5.75 Å². The molecule has 0 heterocycles. The third kappa shape index (κ3) is 7.02. The van der Waals surface area contributed by atoms with Gasteiger partial charge in [-0.2, -0.15) is 0 Å². The Bertz CT molecular complexity index is 277. The summed E-state index contributed by atoms with van der Waals surface area (Å²) in [7, 11) is 1.51. The van der Waals surface area contributed by atoms with Crippen LogP contribution in [0.15, 0.2) is 24.3 Å². The van der Waals surface area contributed by atoms with Crippen LogP contribution >= 0.6 is 12.2 Å². The van der Waals surface area contributed by atoms with Crippen molar-refractivity contribution in [2.24, 2.45) is 11.5 Å².